The molecule has 0 bridgehead atoms. The number of anilines is 1. The van der Waals surface area contributed by atoms with Gasteiger partial charge in [-0.2, -0.15) is 5.26 Å². The number of nitrogens with zero attached hydrogens (tertiary/aromatic N) is 1. The van der Waals surface area contributed by atoms with Crippen molar-refractivity contribution in [3.63, 3.8) is 0 Å². The van der Waals surface area contributed by atoms with Crippen LogP contribution in [0.15, 0.2) is 36.4 Å². The molecular formula is C11H8N2O. The minimum absolute atomic E-state index is 0.115. The SMILES string of the molecule is N#CNc1ccc2ccccc2c1O. The Kier molecular flexibility index (Phi) is 1.96. The molecular weight excluding hydrogens is 176 g/mol. The predicted octanol–water partition coefficient (Wildman–Crippen LogP) is 2.44. The summed E-state index contributed by atoms with van der Waals surface area (Å²) in [5.74, 6) is 0.115. The molecule has 3 heteroatoms. The highest BCUT2D eigenvalue weighted by molar-refractivity contribution is 5.93. The zero-order valence-electron chi connectivity index (χ0n) is 7.36. The first kappa shape index (κ1) is 8.39. The van der Waals surface area contributed by atoms with Crippen LogP contribution >= 0.6 is 0 Å². The van der Waals surface area contributed by atoms with Gasteiger partial charge in [0.05, 0.1) is 5.69 Å². The van der Waals surface area contributed by atoms with Gasteiger partial charge < -0.3 is 5.11 Å². The standard InChI is InChI=1S/C11H8N2O/c12-7-13-10-6-5-8-3-1-2-4-9(8)11(10)14/h1-6,13-14H. The zero-order valence-corrected chi connectivity index (χ0v) is 7.36. The largest absolute Gasteiger partial charge is 0.505 e. The van der Waals surface area contributed by atoms with E-state index in [1.165, 1.54) is 0 Å². The number of nitriles is 1. The molecule has 2 aromatic carbocycles. The molecule has 0 aliphatic heterocycles. The fourth-order valence-corrected chi connectivity index (χ4v) is 1.42. The maximum Gasteiger partial charge on any atom is 0.181 e. The van der Waals surface area contributed by atoms with E-state index in [0.717, 1.165) is 10.8 Å². The van der Waals surface area contributed by atoms with Crippen molar-refractivity contribution in [3.8, 4) is 11.9 Å². The van der Waals surface area contributed by atoms with Gasteiger partial charge in [0.2, 0.25) is 0 Å². The van der Waals surface area contributed by atoms with E-state index in [9.17, 15) is 5.11 Å². The van der Waals surface area contributed by atoms with E-state index in [1.807, 2.05) is 30.3 Å². The summed E-state index contributed by atoms with van der Waals surface area (Å²) in [6.07, 6.45) is 1.78. The first-order valence-electron chi connectivity index (χ1n) is 4.19. The van der Waals surface area contributed by atoms with Crippen molar-refractivity contribution in [2.24, 2.45) is 0 Å². The first-order valence-corrected chi connectivity index (χ1v) is 4.19. The molecule has 14 heavy (non-hydrogen) atoms. The topological polar surface area (TPSA) is 56.0 Å². The van der Waals surface area contributed by atoms with Crippen LogP contribution in [0.25, 0.3) is 10.8 Å². The maximum atomic E-state index is 9.77. The van der Waals surface area contributed by atoms with Crippen LogP contribution < -0.4 is 5.32 Å². The number of hydrogen-bond acceptors (Lipinski definition) is 3. The molecule has 0 heterocycles. The Hall–Kier alpha value is -2.21. The third kappa shape index (κ3) is 1.23. The van der Waals surface area contributed by atoms with E-state index in [2.05, 4.69) is 5.32 Å². The Morgan fingerprint density at radius 2 is 1.93 bits per heavy atom. The van der Waals surface area contributed by atoms with Crippen molar-refractivity contribution < 1.29 is 5.11 Å². The maximum absolute atomic E-state index is 9.77. The number of fused-ring (bicyclic) bond motifs is 1. The number of phenolic OH excluding ortho intramolecular Hbond substituents is 1. The lowest BCUT2D eigenvalue weighted by atomic mass is 10.1. The molecule has 0 aromatic heterocycles. The third-order valence-electron chi connectivity index (χ3n) is 2.09. The minimum atomic E-state index is 0.115. The quantitative estimate of drug-likeness (QED) is 0.406. The van der Waals surface area contributed by atoms with Gasteiger partial charge in [0, 0.05) is 5.39 Å². The van der Waals surface area contributed by atoms with Crippen molar-refractivity contribution in [1.82, 2.24) is 0 Å². The van der Waals surface area contributed by atoms with Crippen LogP contribution in [0.1, 0.15) is 0 Å². The molecule has 0 aliphatic carbocycles. The summed E-state index contributed by atoms with van der Waals surface area (Å²) in [6, 6.07) is 11.0. The highest BCUT2D eigenvalue weighted by atomic mass is 16.3. The predicted molar refractivity (Wildman–Crippen MR) is 54.8 cm³/mol. The molecule has 68 valence electrons. The van der Waals surface area contributed by atoms with Crippen molar-refractivity contribution in [2.75, 3.05) is 5.32 Å². The molecule has 0 saturated carbocycles. The third-order valence-corrected chi connectivity index (χ3v) is 2.09. The van der Waals surface area contributed by atoms with Gasteiger partial charge in [0.25, 0.3) is 0 Å². The Morgan fingerprint density at radius 1 is 1.14 bits per heavy atom. The number of nitrogens with one attached hydrogen (secondary N) is 1. The number of rotatable bonds is 1. The normalized spacial score (nSPS) is 9.64. The molecule has 0 spiro atoms. The molecule has 0 unspecified atom stereocenters. The smallest absolute Gasteiger partial charge is 0.181 e. The van der Waals surface area contributed by atoms with Gasteiger partial charge in [-0.25, -0.2) is 0 Å². The van der Waals surface area contributed by atoms with Crippen LogP contribution in [0.4, 0.5) is 5.69 Å². The van der Waals surface area contributed by atoms with Gasteiger partial charge in [-0.3, -0.25) is 5.32 Å². The van der Waals surface area contributed by atoms with Crippen molar-refractivity contribution >= 4 is 16.5 Å². The number of benzene rings is 2. The van der Waals surface area contributed by atoms with Crippen LogP contribution in [-0.4, -0.2) is 5.11 Å². The molecule has 2 aromatic rings. The lowest BCUT2D eigenvalue weighted by molar-refractivity contribution is 0.484. The van der Waals surface area contributed by atoms with Gasteiger partial charge in [-0.05, 0) is 11.5 Å². The van der Waals surface area contributed by atoms with E-state index in [0.29, 0.717) is 5.69 Å². The summed E-state index contributed by atoms with van der Waals surface area (Å²) in [5.41, 5.74) is 0.436. The van der Waals surface area contributed by atoms with Crippen LogP contribution in [0.5, 0.6) is 5.75 Å². The molecule has 0 aliphatic rings. The highest BCUT2D eigenvalue weighted by Gasteiger charge is 2.04. The lowest BCUT2D eigenvalue weighted by Crippen LogP contribution is -1.88. The molecule has 0 atom stereocenters. The zero-order chi connectivity index (χ0) is 9.97. The summed E-state index contributed by atoms with van der Waals surface area (Å²) in [4.78, 5) is 0. The number of phenols is 1. The van der Waals surface area contributed by atoms with Crippen molar-refractivity contribution in [1.29, 1.82) is 5.26 Å². The van der Waals surface area contributed by atoms with E-state index in [1.54, 1.807) is 12.3 Å². The first-order chi connectivity index (χ1) is 6.83. The fraction of sp³-hybridized carbons (Fsp3) is 0. The Bertz CT molecular complexity index is 514. The van der Waals surface area contributed by atoms with Crippen LogP contribution in [0.2, 0.25) is 0 Å². The van der Waals surface area contributed by atoms with Crippen molar-refractivity contribution in [3.05, 3.63) is 36.4 Å². The molecule has 0 saturated heterocycles. The summed E-state index contributed by atoms with van der Waals surface area (Å²) in [5, 5.41) is 22.3. The van der Waals surface area contributed by atoms with Crippen LogP contribution in [0, 0.1) is 11.5 Å². The van der Waals surface area contributed by atoms with Crippen LogP contribution in [0.3, 0.4) is 0 Å². The monoisotopic (exact) mass is 184 g/mol. The Balaban J connectivity index is 2.70. The second-order valence-electron chi connectivity index (χ2n) is 2.92. The van der Waals surface area contributed by atoms with E-state index < -0.39 is 0 Å². The van der Waals surface area contributed by atoms with E-state index in [4.69, 9.17) is 5.26 Å². The molecule has 0 fully saturated rings. The lowest BCUT2D eigenvalue weighted by Gasteiger charge is -2.04. The van der Waals surface area contributed by atoms with Gasteiger partial charge in [0.15, 0.2) is 6.19 Å². The number of hydrogen-bond donors (Lipinski definition) is 2. The summed E-state index contributed by atoms with van der Waals surface area (Å²) < 4.78 is 0. The van der Waals surface area contributed by atoms with Crippen LogP contribution in [-0.2, 0) is 0 Å². The Labute approximate surface area is 81.2 Å². The Morgan fingerprint density at radius 3 is 2.71 bits per heavy atom. The molecule has 3 nitrogen and oxygen atoms in total. The second kappa shape index (κ2) is 3.27. The van der Waals surface area contributed by atoms with Gasteiger partial charge in [-0.1, -0.05) is 30.3 Å². The minimum Gasteiger partial charge on any atom is -0.505 e. The van der Waals surface area contributed by atoms with Gasteiger partial charge in [0.1, 0.15) is 5.75 Å². The molecule has 0 amide bonds. The number of aromatic hydroxyl groups is 1. The summed E-state index contributed by atoms with van der Waals surface area (Å²) in [6.45, 7) is 0. The van der Waals surface area contributed by atoms with Gasteiger partial charge in [-0.15, -0.1) is 0 Å². The summed E-state index contributed by atoms with van der Waals surface area (Å²) in [7, 11) is 0. The molecule has 2 N–H and O–H groups in total. The van der Waals surface area contributed by atoms with E-state index in [-0.39, 0.29) is 5.75 Å². The average Bonchev–Trinajstić information content (AvgIpc) is 2.23. The van der Waals surface area contributed by atoms with Crippen molar-refractivity contribution in [2.45, 2.75) is 0 Å². The highest BCUT2D eigenvalue weighted by Crippen LogP contribution is 2.31. The summed E-state index contributed by atoms with van der Waals surface area (Å²) >= 11 is 0. The van der Waals surface area contributed by atoms with Gasteiger partial charge >= 0.3 is 0 Å². The second-order valence-corrected chi connectivity index (χ2v) is 2.92. The molecule has 0 radical (unpaired) electrons. The fourth-order valence-electron chi connectivity index (χ4n) is 1.42. The molecule has 2 rings (SSSR count). The van der Waals surface area contributed by atoms with E-state index >= 15 is 0 Å². The average molecular weight is 184 g/mol.